The molecule has 0 aliphatic rings. The normalized spacial score (nSPS) is 10.6. The lowest BCUT2D eigenvalue weighted by atomic mass is 10.1. The van der Waals surface area contributed by atoms with Crippen LogP contribution in [-0.2, 0) is 6.42 Å². The molecule has 4 heteroatoms. The second-order valence-electron chi connectivity index (χ2n) is 3.63. The van der Waals surface area contributed by atoms with Gasteiger partial charge in [-0.25, -0.2) is 4.39 Å². The summed E-state index contributed by atoms with van der Waals surface area (Å²) < 4.78 is 13.1. The summed E-state index contributed by atoms with van der Waals surface area (Å²) in [5, 5.41) is 10.00. The van der Waals surface area contributed by atoms with E-state index in [1.54, 1.807) is 12.3 Å². The molecule has 2 rings (SSSR count). The van der Waals surface area contributed by atoms with E-state index < -0.39 is 0 Å². The van der Waals surface area contributed by atoms with E-state index in [0.717, 1.165) is 29.8 Å². The van der Waals surface area contributed by atoms with Crippen LogP contribution in [0.3, 0.4) is 0 Å². The molecule has 3 nitrogen and oxygen atoms in total. The molecule has 0 aliphatic heterocycles. The van der Waals surface area contributed by atoms with Crippen LogP contribution in [0, 0.1) is 5.82 Å². The highest BCUT2D eigenvalue weighted by molar-refractivity contribution is 5.62. The fourth-order valence-corrected chi connectivity index (χ4v) is 1.65. The second kappa shape index (κ2) is 4.90. The number of halogens is 1. The molecule has 0 fully saturated rings. The summed E-state index contributed by atoms with van der Waals surface area (Å²) in [5.41, 5.74) is 2.83. The molecule has 0 saturated carbocycles. The quantitative estimate of drug-likeness (QED) is 0.825. The lowest BCUT2D eigenvalue weighted by molar-refractivity contribution is 0.628. The first kappa shape index (κ1) is 10.8. The highest BCUT2D eigenvalue weighted by Crippen LogP contribution is 2.21. The number of rotatable bonds is 4. The number of likely N-dealkylation sites (N-methyl/N-ethyl adjacent to an activating group) is 1. The van der Waals surface area contributed by atoms with Crippen molar-refractivity contribution in [3.05, 3.63) is 41.8 Å². The van der Waals surface area contributed by atoms with Crippen LogP contribution in [0.4, 0.5) is 4.39 Å². The summed E-state index contributed by atoms with van der Waals surface area (Å²) in [7, 11) is 1.90. The third-order valence-electron chi connectivity index (χ3n) is 2.48. The second-order valence-corrected chi connectivity index (χ2v) is 3.63. The van der Waals surface area contributed by atoms with Crippen LogP contribution >= 0.6 is 0 Å². The highest BCUT2D eigenvalue weighted by Gasteiger charge is 2.07. The molecular formula is C12H14FN3. The van der Waals surface area contributed by atoms with Gasteiger partial charge in [-0.1, -0.05) is 12.1 Å². The van der Waals surface area contributed by atoms with Gasteiger partial charge in [-0.2, -0.15) is 5.10 Å². The molecular weight excluding hydrogens is 205 g/mol. The molecule has 0 aliphatic carbocycles. The Bertz CT molecular complexity index is 465. The molecule has 0 unspecified atom stereocenters. The molecule has 16 heavy (non-hydrogen) atoms. The summed E-state index contributed by atoms with van der Waals surface area (Å²) in [5.74, 6) is -0.230. The van der Waals surface area contributed by atoms with Crippen molar-refractivity contribution in [2.75, 3.05) is 13.6 Å². The average Bonchev–Trinajstić information content (AvgIpc) is 2.74. The minimum absolute atomic E-state index is 0.230. The Morgan fingerprint density at radius 3 is 3.06 bits per heavy atom. The third-order valence-corrected chi connectivity index (χ3v) is 2.48. The van der Waals surface area contributed by atoms with E-state index in [1.165, 1.54) is 12.1 Å². The first-order valence-corrected chi connectivity index (χ1v) is 5.24. The molecule has 84 valence electrons. The molecule has 0 bridgehead atoms. The topological polar surface area (TPSA) is 40.7 Å². The van der Waals surface area contributed by atoms with Gasteiger partial charge in [-0.05, 0) is 37.7 Å². The smallest absolute Gasteiger partial charge is 0.123 e. The van der Waals surface area contributed by atoms with Gasteiger partial charge in [-0.3, -0.25) is 5.10 Å². The molecule has 0 spiro atoms. The lowest BCUT2D eigenvalue weighted by Crippen LogP contribution is -2.10. The van der Waals surface area contributed by atoms with E-state index in [4.69, 9.17) is 0 Å². The number of aromatic nitrogens is 2. The van der Waals surface area contributed by atoms with E-state index in [2.05, 4.69) is 15.5 Å². The Morgan fingerprint density at radius 2 is 2.31 bits per heavy atom. The Labute approximate surface area is 93.7 Å². The Kier molecular flexibility index (Phi) is 3.31. The van der Waals surface area contributed by atoms with Crippen molar-refractivity contribution in [3.8, 4) is 11.3 Å². The number of aromatic amines is 1. The Balaban J connectivity index is 2.29. The fourth-order valence-electron chi connectivity index (χ4n) is 1.65. The number of H-pyrrole nitrogens is 1. The summed E-state index contributed by atoms with van der Waals surface area (Å²) >= 11 is 0. The van der Waals surface area contributed by atoms with Gasteiger partial charge in [0.2, 0.25) is 0 Å². The largest absolute Gasteiger partial charge is 0.319 e. The van der Waals surface area contributed by atoms with Gasteiger partial charge >= 0.3 is 0 Å². The summed E-state index contributed by atoms with van der Waals surface area (Å²) in [6.45, 7) is 0.877. The van der Waals surface area contributed by atoms with Gasteiger partial charge in [0.25, 0.3) is 0 Å². The van der Waals surface area contributed by atoms with Gasteiger partial charge in [0.1, 0.15) is 5.82 Å². The summed E-state index contributed by atoms with van der Waals surface area (Å²) in [4.78, 5) is 0. The number of nitrogens with one attached hydrogen (secondary N) is 2. The van der Waals surface area contributed by atoms with E-state index in [1.807, 2.05) is 13.1 Å². The number of hydrogen-bond acceptors (Lipinski definition) is 2. The minimum atomic E-state index is -0.230. The van der Waals surface area contributed by atoms with Crippen molar-refractivity contribution >= 4 is 0 Å². The molecule has 0 radical (unpaired) electrons. The van der Waals surface area contributed by atoms with Gasteiger partial charge < -0.3 is 5.32 Å². The molecule has 1 aromatic carbocycles. The van der Waals surface area contributed by atoms with Crippen LogP contribution in [0.25, 0.3) is 11.3 Å². The third kappa shape index (κ3) is 2.28. The van der Waals surface area contributed by atoms with Gasteiger partial charge in [0.15, 0.2) is 0 Å². The van der Waals surface area contributed by atoms with Crippen molar-refractivity contribution in [2.45, 2.75) is 6.42 Å². The zero-order valence-electron chi connectivity index (χ0n) is 9.13. The van der Waals surface area contributed by atoms with Crippen molar-refractivity contribution in [3.63, 3.8) is 0 Å². The van der Waals surface area contributed by atoms with Crippen LogP contribution < -0.4 is 5.32 Å². The lowest BCUT2D eigenvalue weighted by Gasteiger charge is -2.03. The average molecular weight is 219 g/mol. The maximum atomic E-state index is 13.1. The van der Waals surface area contributed by atoms with Crippen molar-refractivity contribution < 1.29 is 4.39 Å². The van der Waals surface area contributed by atoms with Crippen molar-refractivity contribution in [1.82, 2.24) is 15.5 Å². The Hall–Kier alpha value is -1.68. The van der Waals surface area contributed by atoms with Gasteiger partial charge in [0, 0.05) is 5.56 Å². The maximum Gasteiger partial charge on any atom is 0.123 e. The molecule has 2 aromatic rings. The molecule has 1 heterocycles. The van der Waals surface area contributed by atoms with E-state index >= 15 is 0 Å². The molecule has 1 aromatic heterocycles. The predicted molar refractivity (Wildman–Crippen MR) is 61.6 cm³/mol. The predicted octanol–water partition coefficient (Wildman–Crippen LogP) is 1.98. The zero-order valence-corrected chi connectivity index (χ0v) is 9.13. The number of hydrogen-bond donors (Lipinski definition) is 2. The first-order chi connectivity index (χ1) is 7.81. The highest BCUT2D eigenvalue weighted by atomic mass is 19.1. The molecule has 0 atom stereocenters. The van der Waals surface area contributed by atoms with Crippen LogP contribution in [0.2, 0.25) is 0 Å². The van der Waals surface area contributed by atoms with Gasteiger partial charge in [-0.15, -0.1) is 0 Å². The van der Waals surface area contributed by atoms with Crippen LogP contribution in [-0.4, -0.2) is 23.8 Å². The summed E-state index contributed by atoms with van der Waals surface area (Å²) in [6, 6.07) is 6.52. The van der Waals surface area contributed by atoms with Crippen molar-refractivity contribution in [2.24, 2.45) is 0 Å². The van der Waals surface area contributed by atoms with E-state index in [0.29, 0.717) is 0 Å². The number of benzene rings is 1. The number of nitrogens with zero attached hydrogens (tertiary/aromatic N) is 1. The minimum Gasteiger partial charge on any atom is -0.319 e. The van der Waals surface area contributed by atoms with Crippen LogP contribution in [0.1, 0.15) is 5.56 Å². The van der Waals surface area contributed by atoms with Gasteiger partial charge in [0.05, 0.1) is 11.9 Å². The molecule has 0 saturated heterocycles. The monoisotopic (exact) mass is 219 g/mol. The maximum absolute atomic E-state index is 13.1. The Morgan fingerprint density at radius 1 is 1.44 bits per heavy atom. The SMILES string of the molecule is CNCCc1cn[nH]c1-c1cccc(F)c1. The van der Waals surface area contributed by atoms with Crippen molar-refractivity contribution in [1.29, 1.82) is 0 Å². The van der Waals surface area contributed by atoms with E-state index in [9.17, 15) is 4.39 Å². The summed E-state index contributed by atoms with van der Waals surface area (Å²) in [6.07, 6.45) is 2.66. The molecule has 2 N–H and O–H groups in total. The molecule has 0 amide bonds. The zero-order chi connectivity index (χ0) is 11.4. The van der Waals surface area contributed by atoms with Crippen LogP contribution in [0.5, 0.6) is 0 Å². The van der Waals surface area contributed by atoms with E-state index in [-0.39, 0.29) is 5.82 Å². The first-order valence-electron chi connectivity index (χ1n) is 5.24. The standard InChI is InChI=1S/C12H14FN3/c1-14-6-5-10-8-15-16-12(10)9-3-2-4-11(13)7-9/h2-4,7-8,14H,5-6H2,1H3,(H,15,16). The van der Waals surface area contributed by atoms with Crippen LogP contribution in [0.15, 0.2) is 30.5 Å². The fraction of sp³-hybridized carbons (Fsp3) is 0.250.